The summed E-state index contributed by atoms with van der Waals surface area (Å²) in [5.41, 5.74) is 3.94. The Labute approximate surface area is 193 Å². The molecule has 1 aromatic heterocycles. The smallest absolute Gasteiger partial charge is 0.259 e. The van der Waals surface area contributed by atoms with Crippen LogP contribution in [0.4, 0.5) is 11.4 Å². The van der Waals surface area contributed by atoms with Gasteiger partial charge in [0.25, 0.3) is 5.91 Å². The molecule has 0 aliphatic carbocycles. The van der Waals surface area contributed by atoms with E-state index < -0.39 is 0 Å². The molecule has 0 atom stereocenters. The van der Waals surface area contributed by atoms with Gasteiger partial charge in [-0.25, -0.2) is 0 Å². The fourth-order valence-electron chi connectivity index (χ4n) is 3.86. The molecular weight excluding hydrogens is 418 g/mol. The molecule has 2 heterocycles. The standard InChI is InChI=1S/C25H29N5O3/c1-2-23-22(16-26-30(23)17-19-6-4-3-5-7-19)25(32)28-21-10-8-20(9-11-21)27-24(31)18-29-12-14-33-15-13-29/h3-11,16H,2,12-15,17-18H2,1H3,(H,27,31)(H,28,32). The highest BCUT2D eigenvalue weighted by Crippen LogP contribution is 2.17. The predicted octanol–water partition coefficient (Wildman–Crippen LogP) is 3.02. The number of carbonyl (C=O) groups excluding carboxylic acids is 2. The van der Waals surface area contributed by atoms with Gasteiger partial charge in [-0.2, -0.15) is 5.10 Å². The molecule has 0 radical (unpaired) electrons. The Balaban J connectivity index is 1.35. The quantitative estimate of drug-likeness (QED) is 0.554. The van der Waals surface area contributed by atoms with Crippen LogP contribution in [0.3, 0.4) is 0 Å². The first kappa shape index (κ1) is 22.7. The third-order valence-corrected chi connectivity index (χ3v) is 5.60. The molecule has 1 aliphatic heterocycles. The van der Waals surface area contributed by atoms with Gasteiger partial charge in [-0.1, -0.05) is 37.3 Å². The Morgan fingerprint density at radius 2 is 1.64 bits per heavy atom. The molecule has 0 unspecified atom stereocenters. The van der Waals surface area contributed by atoms with Gasteiger partial charge in [-0.15, -0.1) is 0 Å². The lowest BCUT2D eigenvalue weighted by Gasteiger charge is -2.25. The molecule has 3 aromatic rings. The average molecular weight is 448 g/mol. The Bertz CT molecular complexity index is 1070. The van der Waals surface area contributed by atoms with Crippen molar-refractivity contribution in [3.05, 3.63) is 77.6 Å². The van der Waals surface area contributed by atoms with Crippen molar-refractivity contribution < 1.29 is 14.3 Å². The van der Waals surface area contributed by atoms with Gasteiger partial charge in [-0.3, -0.25) is 19.2 Å². The summed E-state index contributed by atoms with van der Waals surface area (Å²) in [6.45, 7) is 5.83. The first-order valence-electron chi connectivity index (χ1n) is 11.2. The molecule has 8 heteroatoms. The average Bonchev–Trinajstić information content (AvgIpc) is 3.24. The van der Waals surface area contributed by atoms with Gasteiger partial charge in [-0.05, 0) is 36.2 Å². The van der Waals surface area contributed by atoms with Crippen molar-refractivity contribution in [2.75, 3.05) is 43.5 Å². The number of benzene rings is 2. The minimum atomic E-state index is -0.199. The van der Waals surface area contributed by atoms with Crippen LogP contribution in [-0.4, -0.2) is 59.3 Å². The van der Waals surface area contributed by atoms with E-state index in [0.717, 1.165) is 24.3 Å². The number of anilines is 2. The Hall–Kier alpha value is -3.49. The summed E-state index contributed by atoms with van der Waals surface area (Å²) in [5, 5.41) is 10.3. The predicted molar refractivity (Wildman–Crippen MR) is 127 cm³/mol. The summed E-state index contributed by atoms with van der Waals surface area (Å²) in [4.78, 5) is 27.2. The monoisotopic (exact) mass is 447 g/mol. The normalized spacial score (nSPS) is 14.1. The van der Waals surface area contributed by atoms with Crippen LogP contribution in [0.25, 0.3) is 0 Å². The zero-order valence-electron chi connectivity index (χ0n) is 18.8. The number of hydrogen-bond acceptors (Lipinski definition) is 5. The molecule has 0 spiro atoms. The second-order valence-electron chi connectivity index (χ2n) is 7.97. The Kier molecular flexibility index (Phi) is 7.49. The van der Waals surface area contributed by atoms with Gasteiger partial charge in [0.05, 0.1) is 43.8 Å². The molecule has 0 saturated carbocycles. The zero-order valence-corrected chi connectivity index (χ0v) is 18.8. The minimum absolute atomic E-state index is 0.0629. The molecule has 2 aromatic carbocycles. The fraction of sp³-hybridized carbons (Fsp3) is 0.320. The van der Waals surface area contributed by atoms with Gasteiger partial charge in [0.2, 0.25) is 5.91 Å². The highest BCUT2D eigenvalue weighted by Gasteiger charge is 2.17. The van der Waals surface area contributed by atoms with E-state index in [-0.39, 0.29) is 11.8 Å². The number of morpholine rings is 1. The van der Waals surface area contributed by atoms with Crippen LogP contribution in [-0.2, 0) is 22.5 Å². The first-order chi connectivity index (χ1) is 16.1. The van der Waals surface area contributed by atoms with Crippen molar-refractivity contribution in [3.8, 4) is 0 Å². The molecule has 8 nitrogen and oxygen atoms in total. The van der Waals surface area contributed by atoms with Crippen LogP contribution in [0.15, 0.2) is 60.8 Å². The lowest BCUT2D eigenvalue weighted by molar-refractivity contribution is -0.118. The molecule has 2 amide bonds. The third-order valence-electron chi connectivity index (χ3n) is 5.60. The van der Waals surface area contributed by atoms with E-state index in [9.17, 15) is 9.59 Å². The second kappa shape index (κ2) is 10.9. The number of nitrogens with one attached hydrogen (secondary N) is 2. The molecule has 0 bridgehead atoms. The SMILES string of the molecule is CCc1c(C(=O)Nc2ccc(NC(=O)CN3CCOCC3)cc2)cnn1Cc1ccccc1. The highest BCUT2D eigenvalue weighted by molar-refractivity contribution is 6.05. The number of hydrogen-bond donors (Lipinski definition) is 2. The molecular formula is C25H29N5O3. The van der Waals surface area contributed by atoms with Crippen molar-refractivity contribution in [1.82, 2.24) is 14.7 Å². The number of amides is 2. The van der Waals surface area contributed by atoms with Crippen LogP contribution in [0, 0.1) is 0 Å². The number of nitrogens with zero attached hydrogens (tertiary/aromatic N) is 3. The van der Waals surface area contributed by atoms with Crippen LogP contribution in [0.5, 0.6) is 0 Å². The summed E-state index contributed by atoms with van der Waals surface area (Å²) < 4.78 is 7.18. The second-order valence-corrected chi connectivity index (χ2v) is 7.97. The van der Waals surface area contributed by atoms with E-state index in [0.29, 0.717) is 49.7 Å². The van der Waals surface area contributed by atoms with Crippen molar-refractivity contribution >= 4 is 23.2 Å². The van der Waals surface area contributed by atoms with Gasteiger partial charge < -0.3 is 15.4 Å². The molecule has 33 heavy (non-hydrogen) atoms. The fourth-order valence-corrected chi connectivity index (χ4v) is 3.86. The largest absolute Gasteiger partial charge is 0.379 e. The third kappa shape index (κ3) is 6.06. The van der Waals surface area contributed by atoms with E-state index in [2.05, 4.69) is 20.6 Å². The van der Waals surface area contributed by atoms with Gasteiger partial charge in [0, 0.05) is 24.5 Å². The van der Waals surface area contributed by atoms with Gasteiger partial charge in [0.1, 0.15) is 0 Å². The summed E-state index contributed by atoms with van der Waals surface area (Å²) in [7, 11) is 0. The molecule has 4 rings (SSSR count). The summed E-state index contributed by atoms with van der Waals surface area (Å²) >= 11 is 0. The van der Waals surface area contributed by atoms with Crippen LogP contribution < -0.4 is 10.6 Å². The lowest BCUT2D eigenvalue weighted by atomic mass is 10.1. The van der Waals surface area contributed by atoms with Crippen molar-refractivity contribution in [2.24, 2.45) is 0 Å². The summed E-state index contributed by atoms with van der Waals surface area (Å²) in [6.07, 6.45) is 2.32. The molecule has 1 aliphatic rings. The van der Waals surface area contributed by atoms with Gasteiger partial charge in [0.15, 0.2) is 0 Å². The summed E-state index contributed by atoms with van der Waals surface area (Å²) in [5.74, 6) is -0.262. The van der Waals surface area contributed by atoms with Crippen LogP contribution >= 0.6 is 0 Å². The van der Waals surface area contributed by atoms with E-state index in [1.54, 1.807) is 30.5 Å². The van der Waals surface area contributed by atoms with Crippen LogP contribution in [0.1, 0.15) is 28.5 Å². The maximum Gasteiger partial charge on any atom is 0.259 e. The Morgan fingerprint density at radius 1 is 0.970 bits per heavy atom. The number of rotatable bonds is 8. The number of carbonyl (C=O) groups is 2. The molecule has 172 valence electrons. The maximum absolute atomic E-state index is 12.9. The minimum Gasteiger partial charge on any atom is -0.379 e. The van der Waals surface area contributed by atoms with E-state index in [1.807, 2.05) is 41.9 Å². The first-order valence-corrected chi connectivity index (χ1v) is 11.2. The number of ether oxygens (including phenoxy) is 1. The van der Waals surface area contributed by atoms with Crippen molar-refractivity contribution in [3.63, 3.8) is 0 Å². The summed E-state index contributed by atoms with van der Waals surface area (Å²) in [6, 6.07) is 17.2. The zero-order chi connectivity index (χ0) is 23.0. The Morgan fingerprint density at radius 3 is 2.30 bits per heavy atom. The van der Waals surface area contributed by atoms with E-state index >= 15 is 0 Å². The van der Waals surface area contributed by atoms with Crippen molar-refractivity contribution in [2.45, 2.75) is 19.9 Å². The highest BCUT2D eigenvalue weighted by atomic mass is 16.5. The number of aromatic nitrogens is 2. The molecule has 1 saturated heterocycles. The van der Waals surface area contributed by atoms with Gasteiger partial charge >= 0.3 is 0 Å². The van der Waals surface area contributed by atoms with E-state index in [4.69, 9.17) is 4.74 Å². The topological polar surface area (TPSA) is 88.5 Å². The van der Waals surface area contributed by atoms with Crippen molar-refractivity contribution in [1.29, 1.82) is 0 Å². The lowest BCUT2D eigenvalue weighted by Crippen LogP contribution is -2.41. The molecule has 2 N–H and O–H groups in total. The maximum atomic E-state index is 12.9. The van der Waals surface area contributed by atoms with E-state index in [1.165, 1.54) is 0 Å². The molecule has 1 fully saturated rings. The van der Waals surface area contributed by atoms with Crippen LogP contribution in [0.2, 0.25) is 0 Å².